The molecule has 1 aromatic rings. The summed E-state index contributed by atoms with van der Waals surface area (Å²) in [6, 6.07) is 4.85. The van der Waals surface area contributed by atoms with Crippen LogP contribution in [0, 0.1) is 6.92 Å². The number of aliphatic imine (C=N–C) groups is 1. The highest BCUT2D eigenvalue weighted by Gasteiger charge is 2.09. The van der Waals surface area contributed by atoms with Crippen LogP contribution in [0.25, 0.3) is 0 Å². The van der Waals surface area contributed by atoms with E-state index in [2.05, 4.69) is 9.73 Å². The number of hydrogen-bond acceptors (Lipinski definition) is 2. The van der Waals surface area contributed by atoms with Gasteiger partial charge in [-0.05, 0) is 13.0 Å². The summed E-state index contributed by atoms with van der Waals surface area (Å²) in [5.41, 5.74) is 11.8. The van der Waals surface area contributed by atoms with Gasteiger partial charge in [0.2, 0.25) is 0 Å². The van der Waals surface area contributed by atoms with E-state index in [1.807, 2.05) is 6.92 Å². The average Bonchev–Trinajstić information content (AvgIpc) is 2.17. The maximum atomic E-state index is 12.1. The average molecular weight is 229 g/mol. The summed E-state index contributed by atoms with van der Waals surface area (Å²) in [5.74, 6) is -0.00453. The Morgan fingerprint density at radius 2 is 2.12 bits per heavy atom. The Morgan fingerprint density at radius 3 is 2.69 bits per heavy atom. The van der Waals surface area contributed by atoms with Gasteiger partial charge in [-0.2, -0.15) is 8.78 Å². The van der Waals surface area contributed by atoms with Gasteiger partial charge >= 0.3 is 6.61 Å². The highest BCUT2D eigenvalue weighted by molar-refractivity contribution is 5.75. The monoisotopic (exact) mass is 229 g/mol. The van der Waals surface area contributed by atoms with Gasteiger partial charge in [0, 0.05) is 5.56 Å². The quantitative estimate of drug-likeness (QED) is 0.605. The van der Waals surface area contributed by atoms with Crippen LogP contribution in [0.3, 0.4) is 0 Å². The number of benzene rings is 1. The van der Waals surface area contributed by atoms with E-state index in [9.17, 15) is 8.78 Å². The van der Waals surface area contributed by atoms with E-state index in [0.29, 0.717) is 5.56 Å². The fraction of sp³-hybridized carbons (Fsp3) is 0.300. The molecule has 0 bridgehead atoms. The van der Waals surface area contributed by atoms with E-state index in [-0.39, 0.29) is 18.3 Å². The summed E-state index contributed by atoms with van der Waals surface area (Å²) < 4.78 is 28.5. The van der Waals surface area contributed by atoms with E-state index < -0.39 is 6.61 Å². The molecular weight excluding hydrogens is 216 g/mol. The summed E-state index contributed by atoms with van der Waals surface area (Å²) in [6.07, 6.45) is 0. The van der Waals surface area contributed by atoms with Gasteiger partial charge in [0.05, 0.1) is 6.54 Å². The number of hydrogen-bond donors (Lipinski definition) is 2. The Bertz CT molecular complexity index is 390. The molecule has 0 amide bonds. The first kappa shape index (κ1) is 12.2. The smallest absolute Gasteiger partial charge is 0.387 e. The summed E-state index contributed by atoms with van der Waals surface area (Å²) >= 11 is 0. The molecule has 0 radical (unpaired) electrons. The zero-order valence-corrected chi connectivity index (χ0v) is 8.78. The normalized spacial score (nSPS) is 10.2. The second-order valence-corrected chi connectivity index (χ2v) is 3.23. The lowest BCUT2D eigenvalue weighted by atomic mass is 10.1. The molecule has 0 spiro atoms. The maximum Gasteiger partial charge on any atom is 0.387 e. The number of nitrogens with two attached hydrogens (primary N) is 2. The number of rotatable bonds is 4. The predicted octanol–water partition coefficient (Wildman–Crippen LogP) is 1.37. The highest BCUT2D eigenvalue weighted by atomic mass is 19.3. The molecule has 0 heterocycles. The SMILES string of the molecule is Cc1ccc(OC(F)F)c(CN=C(N)N)c1. The highest BCUT2D eigenvalue weighted by Crippen LogP contribution is 2.22. The molecular formula is C10H13F2N3O. The molecule has 16 heavy (non-hydrogen) atoms. The van der Waals surface area contributed by atoms with Crippen molar-refractivity contribution in [2.75, 3.05) is 0 Å². The topological polar surface area (TPSA) is 73.6 Å². The lowest BCUT2D eigenvalue weighted by Crippen LogP contribution is -2.22. The fourth-order valence-electron chi connectivity index (χ4n) is 1.22. The lowest BCUT2D eigenvalue weighted by Gasteiger charge is -2.09. The van der Waals surface area contributed by atoms with Crippen molar-refractivity contribution in [3.8, 4) is 5.75 Å². The Hall–Kier alpha value is -1.85. The maximum absolute atomic E-state index is 12.1. The predicted molar refractivity (Wildman–Crippen MR) is 57.3 cm³/mol. The van der Waals surface area contributed by atoms with Crippen LogP contribution in [-0.4, -0.2) is 12.6 Å². The zero-order valence-electron chi connectivity index (χ0n) is 8.78. The third kappa shape index (κ3) is 3.72. The van der Waals surface area contributed by atoms with E-state index in [4.69, 9.17) is 11.5 Å². The van der Waals surface area contributed by atoms with E-state index in [1.165, 1.54) is 6.07 Å². The molecule has 6 heteroatoms. The first-order valence-electron chi connectivity index (χ1n) is 4.59. The molecule has 4 N–H and O–H groups in total. The second kappa shape index (κ2) is 5.29. The van der Waals surface area contributed by atoms with Gasteiger partial charge in [-0.3, -0.25) is 0 Å². The van der Waals surface area contributed by atoms with E-state index >= 15 is 0 Å². The second-order valence-electron chi connectivity index (χ2n) is 3.23. The fourth-order valence-corrected chi connectivity index (χ4v) is 1.22. The number of nitrogens with zero attached hydrogens (tertiary/aromatic N) is 1. The van der Waals surface area contributed by atoms with Crippen molar-refractivity contribution in [1.82, 2.24) is 0 Å². The van der Waals surface area contributed by atoms with Crippen molar-refractivity contribution >= 4 is 5.96 Å². The summed E-state index contributed by atoms with van der Waals surface area (Å²) in [6.45, 7) is -0.905. The van der Waals surface area contributed by atoms with Crippen LogP contribution in [-0.2, 0) is 6.54 Å². The van der Waals surface area contributed by atoms with Crippen LogP contribution >= 0.6 is 0 Å². The van der Waals surface area contributed by atoms with Crippen LogP contribution in [0.5, 0.6) is 5.75 Å². The number of guanidine groups is 1. The molecule has 0 unspecified atom stereocenters. The van der Waals surface area contributed by atoms with Crippen LogP contribution in [0.15, 0.2) is 23.2 Å². The van der Waals surface area contributed by atoms with Crippen molar-refractivity contribution in [2.24, 2.45) is 16.5 Å². The Kier molecular flexibility index (Phi) is 4.04. The minimum atomic E-state index is -2.86. The van der Waals surface area contributed by atoms with Crippen LogP contribution in [0.1, 0.15) is 11.1 Å². The molecule has 0 saturated heterocycles. The molecule has 0 fully saturated rings. The van der Waals surface area contributed by atoms with Gasteiger partial charge in [0.1, 0.15) is 5.75 Å². The zero-order chi connectivity index (χ0) is 12.1. The molecule has 0 aliphatic carbocycles. The molecule has 1 rings (SSSR count). The van der Waals surface area contributed by atoms with Crippen LogP contribution in [0.4, 0.5) is 8.78 Å². The minimum Gasteiger partial charge on any atom is -0.434 e. The van der Waals surface area contributed by atoms with Gasteiger partial charge < -0.3 is 16.2 Å². The Labute approximate surface area is 91.9 Å². The molecule has 0 atom stereocenters. The van der Waals surface area contributed by atoms with Gasteiger partial charge in [-0.1, -0.05) is 17.7 Å². The molecule has 0 aliphatic heterocycles. The number of alkyl halides is 2. The third-order valence-corrected chi connectivity index (χ3v) is 1.86. The minimum absolute atomic E-state index is 0.0885. The number of halogens is 2. The van der Waals surface area contributed by atoms with Crippen molar-refractivity contribution in [3.05, 3.63) is 29.3 Å². The van der Waals surface area contributed by atoms with Gasteiger partial charge in [0.15, 0.2) is 5.96 Å². The van der Waals surface area contributed by atoms with Crippen molar-refractivity contribution in [3.63, 3.8) is 0 Å². The molecule has 0 saturated carbocycles. The lowest BCUT2D eigenvalue weighted by molar-refractivity contribution is -0.0504. The summed E-state index contributed by atoms with van der Waals surface area (Å²) in [7, 11) is 0. The largest absolute Gasteiger partial charge is 0.434 e. The third-order valence-electron chi connectivity index (χ3n) is 1.86. The van der Waals surface area contributed by atoms with Gasteiger partial charge in [0.25, 0.3) is 0 Å². The van der Waals surface area contributed by atoms with Gasteiger partial charge in [-0.15, -0.1) is 0 Å². The molecule has 1 aromatic carbocycles. The van der Waals surface area contributed by atoms with Crippen molar-refractivity contribution < 1.29 is 13.5 Å². The molecule has 0 aliphatic rings. The number of aryl methyl sites for hydroxylation is 1. The Balaban J connectivity index is 2.93. The van der Waals surface area contributed by atoms with E-state index in [1.54, 1.807) is 12.1 Å². The van der Waals surface area contributed by atoms with E-state index in [0.717, 1.165) is 5.56 Å². The van der Waals surface area contributed by atoms with Gasteiger partial charge in [-0.25, -0.2) is 4.99 Å². The Morgan fingerprint density at radius 1 is 1.44 bits per heavy atom. The molecule has 4 nitrogen and oxygen atoms in total. The summed E-state index contributed by atoms with van der Waals surface area (Å²) in [4.78, 5) is 3.75. The first-order valence-corrected chi connectivity index (χ1v) is 4.59. The first-order chi connectivity index (χ1) is 7.49. The standard InChI is InChI=1S/C10H13F2N3O/c1-6-2-3-8(16-9(11)12)7(4-6)5-15-10(13)14/h2-4,9H,5H2,1H3,(H4,13,14,15). The van der Waals surface area contributed by atoms with Crippen molar-refractivity contribution in [2.45, 2.75) is 20.1 Å². The molecule has 0 aromatic heterocycles. The van der Waals surface area contributed by atoms with Crippen LogP contribution in [0.2, 0.25) is 0 Å². The molecule has 88 valence electrons. The number of ether oxygens (including phenoxy) is 1. The van der Waals surface area contributed by atoms with Crippen molar-refractivity contribution in [1.29, 1.82) is 0 Å². The summed E-state index contributed by atoms with van der Waals surface area (Å²) in [5, 5.41) is 0. The van der Waals surface area contributed by atoms with Crippen LogP contribution < -0.4 is 16.2 Å².